The van der Waals surface area contributed by atoms with Gasteiger partial charge in [0, 0.05) is 12.2 Å². The maximum Gasteiger partial charge on any atom is 0.236 e. The zero-order valence-electron chi connectivity index (χ0n) is 11.0. The lowest BCUT2D eigenvalue weighted by Gasteiger charge is -2.16. The predicted octanol–water partition coefficient (Wildman–Crippen LogP) is 1.22. The van der Waals surface area contributed by atoms with Gasteiger partial charge in [0.05, 0.1) is 16.5 Å². The lowest BCUT2D eigenvalue weighted by molar-refractivity contribution is -0.121. The predicted molar refractivity (Wildman–Crippen MR) is 74.9 cm³/mol. The number of nitrogen functional groups attached to an aromatic ring is 1. The number of hydrogen-bond donors (Lipinski definition) is 2. The third-order valence-electron chi connectivity index (χ3n) is 3.38. The minimum absolute atomic E-state index is 0.185. The second-order valence-electron chi connectivity index (χ2n) is 4.83. The normalized spacial score (nSPS) is 19.0. The maximum atomic E-state index is 12.3. The van der Waals surface area contributed by atoms with Crippen molar-refractivity contribution in [3.63, 3.8) is 0 Å². The molecule has 1 fully saturated rings. The number of pyridine rings is 1. The van der Waals surface area contributed by atoms with Crippen LogP contribution >= 0.6 is 0 Å². The number of carbonyl (C=O) groups is 1. The van der Waals surface area contributed by atoms with Crippen LogP contribution in [0.4, 0.5) is 5.69 Å². The van der Waals surface area contributed by atoms with Crippen molar-refractivity contribution >= 4 is 22.4 Å². The van der Waals surface area contributed by atoms with Crippen LogP contribution in [0.25, 0.3) is 0 Å². The van der Waals surface area contributed by atoms with Gasteiger partial charge in [0.2, 0.25) is 5.91 Å². The fourth-order valence-electron chi connectivity index (χ4n) is 2.22. The third-order valence-corrected chi connectivity index (χ3v) is 4.96. The fourth-order valence-corrected chi connectivity index (χ4v) is 3.29. The summed E-state index contributed by atoms with van der Waals surface area (Å²) in [6.07, 6.45) is 5.85. The van der Waals surface area contributed by atoms with Crippen molar-refractivity contribution in [2.24, 2.45) is 0 Å². The van der Waals surface area contributed by atoms with Crippen molar-refractivity contribution in [1.29, 1.82) is 0 Å². The number of carbonyl (C=O) groups excluding carboxylic acids is 1. The van der Waals surface area contributed by atoms with E-state index in [0.29, 0.717) is 5.69 Å². The quantitative estimate of drug-likeness (QED) is 0.869. The molecule has 1 aliphatic carbocycles. The van der Waals surface area contributed by atoms with E-state index in [1.807, 2.05) is 0 Å². The van der Waals surface area contributed by atoms with Crippen LogP contribution in [0, 0.1) is 0 Å². The lowest BCUT2D eigenvalue weighted by atomic mass is 10.2. The molecule has 1 saturated carbocycles. The number of aromatic nitrogens is 1. The molecule has 0 spiro atoms. The number of rotatable bonds is 4. The van der Waals surface area contributed by atoms with Crippen molar-refractivity contribution in [3.8, 4) is 0 Å². The minimum Gasteiger partial charge on any atom is -0.396 e. The first-order valence-corrected chi connectivity index (χ1v) is 7.72. The van der Waals surface area contributed by atoms with Crippen LogP contribution < -0.4 is 11.1 Å². The van der Waals surface area contributed by atoms with Gasteiger partial charge in [-0.3, -0.25) is 9.00 Å². The van der Waals surface area contributed by atoms with E-state index in [1.165, 1.54) is 6.20 Å². The summed E-state index contributed by atoms with van der Waals surface area (Å²) < 4.78 is 12.3. The molecule has 0 bridgehead atoms. The third kappa shape index (κ3) is 3.32. The van der Waals surface area contributed by atoms with Crippen LogP contribution in [0.15, 0.2) is 23.4 Å². The van der Waals surface area contributed by atoms with Crippen LogP contribution in [-0.4, -0.2) is 26.4 Å². The number of nitrogens with two attached hydrogens (primary N) is 1. The summed E-state index contributed by atoms with van der Waals surface area (Å²) in [5.74, 6) is -0.185. The molecule has 0 radical (unpaired) electrons. The topological polar surface area (TPSA) is 85.1 Å². The van der Waals surface area contributed by atoms with Gasteiger partial charge in [-0.1, -0.05) is 12.8 Å². The molecule has 104 valence electrons. The van der Waals surface area contributed by atoms with Gasteiger partial charge < -0.3 is 11.1 Å². The lowest BCUT2D eigenvalue weighted by Crippen LogP contribution is -2.40. The first-order valence-electron chi connectivity index (χ1n) is 6.51. The Morgan fingerprint density at radius 2 is 2.21 bits per heavy atom. The zero-order valence-corrected chi connectivity index (χ0v) is 11.8. The van der Waals surface area contributed by atoms with Gasteiger partial charge in [0.15, 0.2) is 5.03 Å². The van der Waals surface area contributed by atoms with Crippen LogP contribution in [-0.2, 0) is 15.6 Å². The summed E-state index contributed by atoms with van der Waals surface area (Å²) in [6.45, 7) is 1.65. The highest BCUT2D eigenvalue weighted by Gasteiger charge is 2.26. The number of hydrogen-bond acceptors (Lipinski definition) is 4. The van der Waals surface area contributed by atoms with E-state index in [9.17, 15) is 9.00 Å². The van der Waals surface area contributed by atoms with Gasteiger partial charge in [-0.25, -0.2) is 4.98 Å². The molecule has 2 rings (SSSR count). The smallest absolute Gasteiger partial charge is 0.236 e. The number of amides is 1. The molecule has 19 heavy (non-hydrogen) atoms. The standard InChI is InChI=1S/C13H19N3O2S/c1-9(12(17)16-10-5-2-3-6-10)19(18)13-11(14)7-4-8-15-13/h4,7-10H,2-3,5-6,14H2,1H3,(H,16,17). The number of nitrogens with one attached hydrogen (secondary N) is 1. The van der Waals surface area contributed by atoms with Crippen molar-refractivity contribution in [2.45, 2.75) is 48.9 Å². The van der Waals surface area contributed by atoms with Crippen molar-refractivity contribution in [1.82, 2.24) is 10.3 Å². The summed E-state index contributed by atoms with van der Waals surface area (Å²) in [5, 5.41) is 2.60. The largest absolute Gasteiger partial charge is 0.396 e. The Morgan fingerprint density at radius 1 is 1.53 bits per heavy atom. The summed E-state index contributed by atoms with van der Waals surface area (Å²) in [7, 11) is -1.52. The van der Waals surface area contributed by atoms with E-state index < -0.39 is 16.0 Å². The molecule has 1 heterocycles. The Balaban J connectivity index is 2.02. The molecule has 0 aliphatic heterocycles. The summed E-state index contributed by atoms with van der Waals surface area (Å²) in [6, 6.07) is 3.55. The summed E-state index contributed by atoms with van der Waals surface area (Å²) in [5.41, 5.74) is 6.10. The van der Waals surface area contributed by atoms with Crippen molar-refractivity contribution in [2.75, 3.05) is 5.73 Å². The van der Waals surface area contributed by atoms with Crippen molar-refractivity contribution in [3.05, 3.63) is 18.3 Å². The van der Waals surface area contributed by atoms with Crippen LogP contribution in [0.3, 0.4) is 0 Å². The molecule has 1 aromatic rings. The molecular formula is C13H19N3O2S. The van der Waals surface area contributed by atoms with Crippen molar-refractivity contribution < 1.29 is 9.00 Å². The van der Waals surface area contributed by atoms with E-state index in [-0.39, 0.29) is 17.0 Å². The summed E-state index contributed by atoms with van der Waals surface area (Å²) in [4.78, 5) is 16.1. The first kappa shape index (κ1) is 14.0. The molecule has 3 N–H and O–H groups in total. The summed E-state index contributed by atoms with van der Waals surface area (Å²) >= 11 is 0. The molecule has 2 unspecified atom stereocenters. The molecule has 0 aromatic carbocycles. The van der Waals surface area contributed by atoms with E-state index in [1.54, 1.807) is 19.1 Å². The van der Waals surface area contributed by atoms with Gasteiger partial charge in [0.1, 0.15) is 5.25 Å². The van der Waals surface area contributed by atoms with E-state index >= 15 is 0 Å². The average molecular weight is 281 g/mol. The minimum atomic E-state index is -1.52. The van der Waals surface area contributed by atoms with Crippen LogP contribution in [0.1, 0.15) is 32.6 Å². The monoisotopic (exact) mass is 281 g/mol. The maximum absolute atomic E-state index is 12.3. The second kappa shape index (κ2) is 6.14. The zero-order chi connectivity index (χ0) is 13.8. The average Bonchev–Trinajstić information content (AvgIpc) is 2.90. The Labute approximate surface area is 115 Å². The van der Waals surface area contributed by atoms with E-state index in [2.05, 4.69) is 10.3 Å². The molecule has 2 atom stereocenters. The van der Waals surface area contributed by atoms with Gasteiger partial charge in [-0.05, 0) is 31.9 Å². The van der Waals surface area contributed by atoms with Crippen LogP contribution in [0.5, 0.6) is 0 Å². The molecule has 1 amide bonds. The molecule has 0 saturated heterocycles. The number of nitrogens with zero attached hydrogens (tertiary/aromatic N) is 1. The Bertz CT molecular complexity index is 487. The number of anilines is 1. The molecular weight excluding hydrogens is 262 g/mol. The Hall–Kier alpha value is -1.43. The van der Waals surface area contributed by atoms with Crippen LogP contribution in [0.2, 0.25) is 0 Å². The fraction of sp³-hybridized carbons (Fsp3) is 0.538. The molecule has 5 nitrogen and oxygen atoms in total. The Kier molecular flexibility index (Phi) is 4.52. The first-order chi connectivity index (χ1) is 9.09. The van der Waals surface area contributed by atoms with Gasteiger partial charge >= 0.3 is 0 Å². The molecule has 6 heteroatoms. The van der Waals surface area contributed by atoms with E-state index in [0.717, 1.165) is 25.7 Å². The highest BCUT2D eigenvalue weighted by atomic mass is 32.2. The SMILES string of the molecule is CC(C(=O)NC1CCCC1)S(=O)c1ncccc1N. The molecule has 1 aliphatic rings. The van der Waals surface area contributed by atoms with Gasteiger partial charge in [-0.2, -0.15) is 0 Å². The highest BCUT2D eigenvalue weighted by molar-refractivity contribution is 7.86. The van der Waals surface area contributed by atoms with E-state index in [4.69, 9.17) is 5.73 Å². The highest BCUT2D eigenvalue weighted by Crippen LogP contribution is 2.19. The van der Waals surface area contributed by atoms with Gasteiger partial charge in [0.25, 0.3) is 0 Å². The second-order valence-corrected chi connectivity index (χ2v) is 6.52. The Morgan fingerprint density at radius 3 is 2.84 bits per heavy atom. The van der Waals surface area contributed by atoms with Gasteiger partial charge in [-0.15, -0.1) is 0 Å². The molecule has 1 aromatic heterocycles.